The molecule has 1 atom stereocenters. The molecule has 0 saturated heterocycles. The molecule has 1 aromatic rings. The number of hydrogen-bond donors (Lipinski definition) is 0. The molecule has 0 amide bonds. The van der Waals surface area contributed by atoms with Gasteiger partial charge in [0.25, 0.3) is 0 Å². The molecule has 0 nitrogen and oxygen atoms in total. The molecule has 0 bridgehead atoms. The summed E-state index contributed by atoms with van der Waals surface area (Å²) in [5.41, 5.74) is 1.44. The Hall–Kier alpha value is -0.350. The Morgan fingerprint density at radius 2 is 1.73 bits per heavy atom. The van der Waals surface area contributed by atoms with Gasteiger partial charge in [-0.15, -0.1) is 9.24 Å². The molecule has 1 aromatic carbocycles. The maximum absolute atomic E-state index is 2.70. The van der Waals surface area contributed by atoms with Crippen molar-refractivity contribution in [1.29, 1.82) is 0 Å². The quantitative estimate of drug-likeness (QED) is 0.592. The highest BCUT2D eigenvalue weighted by Gasteiger charge is 1.95. The fraction of sp³-hybridized carbons (Fsp3) is 0.400. The molecule has 0 aromatic heterocycles. The number of rotatable bonds is 2. The van der Waals surface area contributed by atoms with Crippen LogP contribution in [0.5, 0.6) is 0 Å². The van der Waals surface area contributed by atoms with Crippen molar-refractivity contribution in [3.05, 3.63) is 29.8 Å². The SMILES string of the molecule is CC(C)Cc1ccc(P)cc1. The third-order valence-corrected chi connectivity index (χ3v) is 2.01. The summed E-state index contributed by atoms with van der Waals surface area (Å²) in [4.78, 5) is 0. The molecule has 1 rings (SSSR count). The molecular formula is C10H15P. The van der Waals surface area contributed by atoms with Crippen LogP contribution in [0.1, 0.15) is 19.4 Å². The molecule has 0 radical (unpaired) electrons. The van der Waals surface area contributed by atoms with E-state index in [-0.39, 0.29) is 0 Å². The Labute approximate surface area is 71.2 Å². The lowest BCUT2D eigenvalue weighted by molar-refractivity contribution is 0.647. The monoisotopic (exact) mass is 166 g/mol. The second-order valence-electron chi connectivity index (χ2n) is 3.34. The summed E-state index contributed by atoms with van der Waals surface area (Å²) < 4.78 is 0. The van der Waals surface area contributed by atoms with Gasteiger partial charge in [-0.05, 0) is 23.2 Å². The number of benzene rings is 1. The molecule has 60 valence electrons. The number of hydrogen-bond acceptors (Lipinski definition) is 0. The van der Waals surface area contributed by atoms with Gasteiger partial charge < -0.3 is 0 Å². The van der Waals surface area contributed by atoms with E-state index in [9.17, 15) is 0 Å². The van der Waals surface area contributed by atoms with E-state index in [1.807, 2.05) is 0 Å². The summed E-state index contributed by atoms with van der Waals surface area (Å²) >= 11 is 0. The van der Waals surface area contributed by atoms with Gasteiger partial charge in [-0.3, -0.25) is 0 Å². The second-order valence-corrected chi connectivity index (χ2v) is 4.01. The van der Waals surface area contributed by atoms with Gasteiger partial charge in [0.05, 0.1) is 0 Å². The predicted octanol–water partition coefficient (Wildman–Crippen LogP) is 2.39. The normalized spacial score (nSPS) is 10.5. The van der Waals surface area contributed by atoms with Crippen LogP contribution in [0.3, 0.4) is 0 Å². The fourth-order valence-corrected chi connectivity index (χ4v) is 1.32. The van der Waals surface area contributed by atoms with Gasteiger partial charge in [0.2, 0.25) is 0 Å². The Morgan fingerprint density at radius 3 is 2.18 bits per heavy atom. The Morgan fingerprint density at radius 1 is 1.18 bits per heavy atom. The van der Waals surface area contributed by atoms with E-state index in [2.05, 4.69) is 47.4 Å². The highest BCUT2D eigenvalue weighted by Crippen LogP contribution is 2.06. The predicted molar refractivity (Wildman–Crippen MR) is 54.3 cm³/mol. The van der Waals surface area contributed by atoms with E-state index in [1.165, 1.54) is 17.3 Å². The molecule has 11 heavy (non-hydrogen) atoms. The third-order valence-electron chi connectivity index (χ3n) is 1.62. The average Bonchev–Trinajstić information content (AvgIpc) is 1.93. The molecule has 0 spiro atoms. The van der Waals surface area contributed by atoms with Crippen LogP contribution in [-0.2, 0) is 6.42 Å². The molecule has 1 unspecified atom stereocenters. The van der Waals surface area contributed by atoms with Crippen LogP contribution in [0.15, 0.2) is 24.3 Å². The Balaban J connectivity index is 2.66. The summed E-state index contributed by atoms with van der Waals surface area (Å²) in [6.07, 6.45) is 1.19. The van der Waals surface area contributed by atoms with Crippen molar-refractivity contribution in [2.24, 2.45) is 5.92 Å². The molecule has 1 heteroatoms. The van der Waals surface area contributed by atoms with Gasteiger partial charge in [0, 0.05) is 0 Å². The van der Waals surface area contributed by atoms with Crippen LogP contribution < -0.4 is 5.30 Å². The van der Waals surface area contributed by atoms with E-state index in [0.29, 0.717) is 0 Å². The molecule has 0 N–H and O–H groups in total. The molecule has 0 aliphatic heterocycles. The summed E-state index contributed by atoms with van der Waals surface area (Å²) in [7, 11) is 2.70. The summed E-state index contributed by atoms with van der Waals surface area (Å²) in [5.74, 6) is 0.755. The van der Waals surface area contributed by atoms with Gasteiger partial charge in [0.15, 0.2) is 0 Å². The molecule has 0 fully saturated rings. The topological polar surface area (TPSA) is 0 Å². The Bertz CT molecular complexity index is 211. The first-order chi connectivity index (χ1) is 5.18. The minimum Gasteiger partial charge on any atom is -0.106 e. The Kier molecular flexibility index (Phi) is 3.08. The van der Waals surface area contributed by atoms with Crippen molar-refractivity contribution in [2.75, 3.05) is 0 Å². The third kappa shape index (κ3) is 3.03. The van der Waals surface area contributed by atoms with Crippen molar-refractivity contribution in [3.8, 4) is 0 Å². The average molecular weight is 166 g/mol. The summed E-state index contributed by atoms with van der Waals surface area (Å²) in [6, 6.07) is 8.68. The van der Waals surface area contributed by atoms with Gasteiger partial charge in [-0.25, -0.2) is 0 Å². The lowest BCUT2D eigenvalue weighted by Crippen LogP contribution is -1.96. The molecule has 0 heterocycles. The van der Waals surface area contributed by atoms with Crippen molar-refractivity contribution in [1.82, 2.24) is 0 Å². The zero-order chi connectivity index (χ0) is 8.27. The first-order valence-electron chi connectivity index (χ1n) is 4.03. The van der Waals surface area contributed by atoms with E-state index in [0.717, 1.165) is 5.92 Å². The maximum Gasteiger partial charge on any atom is -0.0256 e. The molecule has 0 aliphatic carbocycles. The van der Waals surface area contributed by atoms with Gasteiger partial charge in [0.1, 0.15) is 0 Å². The van der Waals surface area contributed by atoms with Crippen LogP contribution >= 0.6 is 9.24 Å². The molecule has 0 saturated carbocycles. The summed E-state index contributed by atoms with van der Waals surface area (Å²) in [5, 5.41) is 1.26. The van der Waals surface area contributed by atoms with E-state index >= 15 is 0 Å². The van der Waals surface area contributed by atoms with E-state index in [1.54, 1.807) is 0 Å². The van der Waals surface area contributed by atoms with Crippen molar-refractivity contribution in [3.63, 3.8) is 0 Å². The van der Waals surface area contributed by atoms with E-state index in [4.69, 9.17) is 0 Å². The van der Waals surface area contributed by atoms with Gasteiger partial charge >= 0.3 is 0 Å². The van der Waals surface area contributed by atoms with Crippen LogP contribution in [0.25, 0.3) is 0 Å². The minimum absolute atomic E-state index is 0.755. The van der Waals surface area contributed by atoms with Crippen LogP contribution in [0.2, 0.25) is 0 Å². The first kappa shape index (κ1) is 8.74. The lowest BCUT2D eigenvalue weighted by Gasteiger charge is -2.03. The van der Waals surface area contributed by atoms with Crippen molar-refractivity contribution < 1.29 is 0 Å². The maximum atomic E-state index is 2.70. The minimum atomic E-state index is 0.755. The second kappa shape index (κ2) is 3.88. The molecule has 0 aliphatic rings. The van der Waals surface area contributed by atoms with Gasteiger partial charge in [-0.1, -0.05) is 38.1 Å². The van der Waals surface area contributed by atoms with Crippen LogP contribution in [0.4, 0.5) is 0 Å². The lowest BCUT2D eigenvalue weighted by atomic mass is 10.0. The van der Waals surface area contributed by atoms with Crippen molar-refractivity contribution >= 4 is 14.5 Å². The zero-order valence-corrected chi connectivity index (χ0v) is 8.33. The fourth-order valence-electron chi connectivity index (χ4n) is 1.13. The van der Waals surface area contributed by atoms with Crippen LogP contribution in [0, 0.1) is 5.92 Å². The van der Waals surface area contributed by atoms with E-state index < -0.39 is 0 Å². The standard InChI is InChI=1S/C10H15P/c1-8(2)7-9-3-5-10(11)6-4-9/h3-6,8H,7,11H2,1-2H3. The van der Waals surface area contributed by atoms with Gasteiger partial charge in [-0.2, -0.15) is 0 Å². The molecular weight excluding hydrogens is 151 g/mol. The largest absolute Gasteiger partial charge is 0.106 e. The first-order valence-corrected chi connectivity index (χ1v) is 4.60. The van der Waals surface area contributed by atoms with Crippen molar-refractivity contribution in [2.45, 2.75) is 20.3 Å². The smallest absolute Gasteiger partial charge is 0.0256 e. The zero-order valence-electron chi connectivity index (χ0n) is 7.17. The van der Waals surface area contributed by atoms with Crippen LogP contribution in [-0.4, -0.2) is 0 Å². The summed E-state index contributed by atoms with van der Waals surface area (Å²) in [6.45, 7) is 4.49. The highest BCUT2D eigenvalue weighted by atomic mass is 31.0. The highest BCUT2D eigenvalue weighted by molar-refractivity contribution is 7.27.